The third-order valence-electron chi connectivity index (χ3n) is 3.52. The molecule has 22 heavy (non-hydrogen) atoms. The van der Waals surface area contributed by atoms with Gasteiger partial charge in [-0.05, 0) is 73.1 Å². The standard InChI is InChI=1S/C20H32O2/c1-16(2)9-6-10-17(3)11-7-12-18(4)13-8-14-19(5)15-20(21)22/h9,11,13,15H,6-8,10,12,14H2,1-5H3,(H,21,22). The molecule has 124 valence electrons. The second-order valence-corrected chi connectivity index (χ2v) is 6.33. The van der Waals surface area contributed by atoms with Gasteiger partial charge in [0.2, 0.25) is 0 Å². The molecule has 0 radical (unpaired) electrons. The summed E-state index contributed by atoms with van der Waals surface area (Å²) < 4.78 is 0. The monoisotopic (exact) mass is 304 g/mol. The Morgan fingerprint density at radius 2 is 1.14 bits per heavy atom. The highest BCUT2D eigenvalue weighted by Gasteiger charge is 1.95. The van der Waals surface area contributed by atoms with Crippen LogP contribution in [0.3, 0.4) is 0 Å². The number of carbonyl (C=O) groups is 1. The Morgan fingerprint density at radius 3 is 1.55 bits per heavy atom. The summed E-state index contributed by atoms with van der Waals surface area (Å²) in [7, 11) is 0. The molecule has 0 aromatic carbocycles. The Labute approximate surface area is 136 Å². The fourth-order valence-electron chi connectivity index (χ4n) is 2.17. The predicted octanol–water partition coefficient (Wildman–Crippen LogP) is 6.22. The van der Waals surface area contributed by atoms with E-state index in [-0.39, 0.29) is 0 Å². The summed E-state index contributed by atoms with van der Waals surface area (Å²) in [6, 6.07) is 0. The van der Waals surface area contributed by atoms with Crippen LogP contribution in [0.25, 0.3) is 0 Å². The first-order valence-corrected chi connectivity index (χ1v) is 8.16. The molecule has 2 nitrogen and oxygen atoms in total. The predicted molar refractivity (Wildman–Crippen MR) is 96.0 cm³/mol. The quantitative estimate of drug-likeness (QED) is 0.384. The highest BCUT2D eigenvalue weighted by Crippen LogP contribution is 2.13. The highest BCUT2D eigenvalue weighted by molar-refractivity contribution is 5.80. The zero-order valence-electron chi connectivity index (χ0n) is 14.9. The number of aliphatic carboxylic acids is 1. The van der Waals surface area contributed by atoms with Gasteiger partial charge in [-0.2, -0.15) is 0 Å². The van der Waals surface area contributed by atoms with Gasteiger partial charge in [0.15, 0.2) is 0 Å². The third kappa shape index (κ3) is 13.4. The molecule has 0 aliphatic carbocycles. The molecule has 1 N–H and O–H groups in total. The smallest absolute Gasteiger partial charge is 0.328 e. The van der Waals surface area contributed by atoms with Crippen molar-refractivity contribution in [2.75, 3.05) is 0 Å². The topological polar surface area (TPSA) is 37.3 Å². The Balaban J connectivity index is 4.01. The molecule has 0 saturated heterocycles. The third-order valence-corrected chi connectivity index (χ3v) is 3.52. The van der Waals surface area contributed by atoms with Gasteiger partial charge in [-0.15, -0.1) is 0 Å². The molecule has 0 bridgehead atoms. The van der Waals surface area contributed by atoms with Crippen LogP contribution in [0.15, 0.2) is 46.6 Å². The zero-order valence-corrected chi connectivity index (χ0v) is 14.9. The largest absolute Gasteiger partial charge is 0.478 e. The average Bonchev–Trinajstić information content (AvgIpc) is 2.37. The molecule has 0 spiro atoms. The molecular formula is C20H32O2. The lowest BCUT2D eigenvalue weighted by Gasteiger charge is -2.02. The van der Waals surface area contributed by atoms with E-state index < -0.39 is 5.97 Å². The van der Waals surface area contributed by atoms with Crippen LogP contribution in [0, 0.1) is 0 Å². The maximum atomic E-state index is 10.5. The van der Waals surface area contributed by atoms with Crippen molar-refractivity contribution in [3.05, 3.63) is 46.6 Å². The summed E-state index contributed by atoms with van der Waals surface area (Å²) in [5, 5.41) is 8.65. The van der Waals surface area contributed by atoms with Gasteiger partial charge in [0.1, 0.15) is 0 Å². The molecule has 0 aromatic rings. The SMILES string of the molecule is CC(C)=CCCC(C)=CCCC(C)=CCCC(C)=CC(=O)O. The summed E-state index contributed by atoms with van der Waals surface area (Å²) in [5.74, 6) is -0.855. The molecular weight excluding hydrogens is 272 g/mol. The van der Waals surface area contributed by atoms with E-state index in [1.165, 1.54) is 22.8 Å². The van der Waals surface area contributed by atoms with Crippen molar-refractivity contribution in [2.45, 2.75) is 73.1 Å². The van der Waals surface area contributed by atoms with Crippen molar-refractivity contribution < 1.29 is 9.90 Å². The first kappa shape index (κ1) is 20.4. The summed E-state index contributed by atoms with van der Waals surface area (Å²) in [6.07, 6.45) is 14.3. The number of hydrogen-bond acceptors (Lipinski definition) is 1. The second kappa shape index (κ2) is 12.0. The van der Waals surface area contributed by atoms with E-state index in [0.29, 0.717) is 0 Å². The lowest BCUT2D eigenvalue weighted by Crippen LogP contribution is -1.89. The molecule has 0 atom stereocenters. The maximum absolute atomic E-state index is 10.5. The highest BCUT2D eigenvalue weighted by atomic mass is 16.4. The minimum Gasteiger partial charge on any atom is -0.478 e. The Kier molecular flexibility index (Phi) is 11.2. The average molecular weight is 304 g/mol. The van der Waals surface area contributed by atoms with Crippen LogP contribution in [0.5, 0.6) is 0 Å². The minimum absolute atomic E-state index is 0.821. The first-order chi connectivity index (χ1) is 10.3. The van der Waals surface area contributed by atoms with Crippen LogP contribution in [0.2, 0.25) is 0 Å². The number of allylic oxidation sites excluding steroid dienone is 7. The van der Waals surface area contributed by atoms with Gasteiger partial charge in [-0.3, -0.25) is 0 Å². The molecule has 0 amide bonds. The summed E-state index contributed by atoms with van der Waals surface area (Å²) in [6.45, 7) is 10.5. The number of rotatable bonds is 10. The van der Waals surface area contributed by atoms with Crippen LogP contribution in [-0.4, -0.2) is 11.1 Å². The van der Waals surface area contributed by atoms with Crippen LogP contribution in [0.1, 0.15) is 73.1 Å². The zero-order chi connectivity index (χ0) is 17.0. The number of carboxylic acid groups (broad SMARTS) is 1. The van der Waals surface area contributed by atoms with Gasteiger partial charge in [0.05, 0.1) is 0 Å². The van der Waals surface area contributed by atoms with Gasteiger partial charge < -0.3 is 5.11 Å². The van der Waals surface area contributed by atoms with Gasteiger partial charge in [-0.1, -0.05) is 40.5 Å². The van der Waals surface area contributed by atoms with E-state index in [1.54, 1.807) is 0 Å². The Bertz CT molecular complexity index is 458. The van der Waals surface area contributed by atoms with Crippen LogP contribution < -0.4 is 0 Å². The molecule has 0 heterocycles. The van der Waals surface area contributed by atoms with Crippen molar-refractivity contribution in [1.82, 2.24) is 0 Å². The molecule has 0 rings (SSSR count). The van der Waals surface area contributed by atoms with Crippen molar-refractivity contribution >= 4 is 5.97 Å². The van der Waals surface area contributed by atoms with Crippen LogP contribution in [0.4, 0.5) is 0 Å². The van der Waals surface area contributed by atoms with Crippen LogP contribution >= 0.6 is 0 Å². The van der Waals surface area contributed by atoms with Crippen molar-refractivity contribution in [3.63, 3.8) is 0 Å². The summed E-state index contributed by atoms with van der Waals surface area (Å²) in [5.41, 5.74) is 5.16. The maximum Gasteiger partial charge on any atom is 0.328 e. The lowest BCUT2D eigenvalue weighted by atomic mass is 10.0. The second-order valence-electron chi connectivity index (χ2n) is 6.33. The number of hydrogen-bond donors (Lipinski definition) is 1. The lowest BCUT2D eigenvalue weighted by molar-refractivity contribution is -0.131. The van der Waals surface area contributed by atoms with Gasteiger partial charge in [0, 0.05) is 6.08 Å². The first-order valence-electron chi connectivity index (χ1n) is 8.16. The minimum atomic E-state index is -0.855. The van der Waals surface area contributed by atoms with Gasteiger partial charge >= 0.3 is 5.97 Å². The Morgan fingerprint density at radius 1 is 0.727 bits per heavy atom. The van der Waals surface area contributed by atoms with E-state index in [0.717, 1.165) is 44.1 Å². The van der Waals surface area contributed by atoms with Crippen molar-refractivity contribution in [2.24, 2.45) is 0 Å². The molecule has 0 unspecified atom stereocenters. The van der Waals surface area contributed by atoms with E-state index in [4.69, 9.17) is 5.11 Å². The number of carboxylic acids is 1. The normalized spacial score (nSPS) is 13.2. The van der Waals surface area contributed by atoms with E-state index in [9.17, 15) is 4.79 Å². The molecule has 0 aliphatic rings. The molecule has 2 heteroatoms. The van der Waals surface area contributed by atoms with E-state index >= 15 is 0 Å². The fraction of sp³-hybridized carbons (Fsp3) is 0.550. The van der Waals surface area contributed by atoms with Gasteiger partial charge in [-0.25, -0.2) is 4.79 Å². The van der Waals surface area contributed by atoms with Crippen molar-refractivity contribution in [1.29, 1.82) is 0 Å². The van der Waals surface area contributed by atoms with Crippen molar-refractivity contribution in [3.8, 4) is 0 Å². The summed E-state index contributed by atoms with van der Waals surface area (Å²) >= 11 is 0. The fourth-order valence-corrected chi connectivity index (χ4v) is 2.17. The summed E-state index contributed by atoms with van der Waals surface area (Å²) in [4.78, 5) is 10.5. The van der Waals surface area contributed by atoms with E-state index in [1.807, 2.05) is 6.92 Å². The molecule has 0 saturated carbocycles. The molecule has 0 aliphatic heterocycles. The molecule has 0 fully saturated rings. The van der Waals surface area contributed by atoms with Crippen LogP contribution in [-0.2, 0) is 4.79 Å². The van der Waals surface area contributed by atoms with Gasteiger partial charge in [0.25, 0.3) is 0 Å². The van der Waals surface area contributed by atoms with E-state index in [2.05, 4.69) is 45.9 Å². The molecule has 0 aromatic heterocycles. The Hall–Kier alpha value is -1.57.